The summed E-state index contributed by atoms with van der Waals surface area (Å²) < 4.78 is 10.4. The van der Waals surface area contributed by atoms with Gasteiger partial charge in [0, 0.05) is 24.0 Å². The Bertz CT molecular complexity index is 1270. The maximum absolute atomic E-state index is 12.6. The van der Waals surface area contributed by atoms with Gasteiger partial charge in [0.15, 0.2) is 10.9 Å². The first kappa shape index (κ1) is 23.2. The molecule has 7 heteroatoms. The van der Waals surface area contributed by atoms with Crippen LogP contribution < -0.4 is 14.8 Å². The molecule has 3 aromatic carbocycles. The van der Waals surface area contributed by atoms with Crippen LogP contribution in [-0.2, 0) is 4.79 Å². The van der Waals surface area contributed by atoms with E-state index in [4.69, 9.17) is 14.5 Å². The molecule has 0 bridgehead atoms. The monoisotopic (exact) mass is 472 g/mol. The van der Waals surface area contributed by atoms with Gasteiger partial charge in [-0.25, -0.2) is 4.98 Å². The van der Waals surface area contributed by atoms with Crippen LogP contribution in [0.5, 0.6) is 11.5 Å². The maximum atomic E-state index is 12.6. The number of nitrogens with one attached hydrogen (secondary N) is 1. The molecule has 6 nitrogen and oxygen atoms in total. The smallest absolute Gasteiger partial charge is 0.226 e. The number of carbonyl (C=O) groups excluding carboxylic acids is 2. The molecule has 34 heavy (non-hydrogen) atoms. The van der Waals surface area contributed by atoms with Crippen LogP contribution in [0.25, 0.3) is 21.7 Å². The van der Waals surface area contributed by atoms with Crippen LogP contribution in [0.3, 0.4) is 0 Å². The largest absolute Gasteiger partial charge is 0.497 e. The molecule has 0 saturated carbocycles. The van der Waals surface area contributed by atoms with Gasteiger partial charge in [0.05, 0.1) is 24.8 Å². The number of hydrogen-bond acceptors (Lipinski definition) is 6. The third kappa shape index (κ3) is 5.50. The fourth-order valence-electron chi connectivity index (χ4n) is 3.43. The van der Waals surface area contributed by atoms with Crippen molar-refractivity contribution >= 4 is 28.2 Å². The van der Waals surface area contributed by atoms with E-state index in [9.17, 15) is 9.59 Å². The highest BCUT2D eigenvalue weighted by molar-refractivity contribution is 7.19. The van der Waals surface area contributed by atoms with E-state index in [1.165, 1.54) is 11.3 Å². The minimum Gasteiger partial charge on any atom is -0.497 e. The summed E-state index contributed by atoms with van der Waals surface area (Å²) >= 11 is 1.40. The quantitative estimate of drug-likeness (QED) is 0.298. The highest BCUT2D eigenvalue weighted by Gasteiger charge is 2.17. The number of amides is 1. The molecule has 4 aromatic rings. The van der Waals surface area contributed by atoms with Crippen LogP contribution in [0.1, 0.15) is 23.2 Å². The molecule has 172 valence electrons. The lowest BCUT2D eigenvalue weighted by Gasteiger charge is -2.04. The minimum absolute atomic E-state index is 0.0724. The van der Waals surface area contributed by atoms with Crippen LogP contribution in [0.2, 0.25) is 0 Å². The van der Waals surface area contributed by atoms with Crippen LogP contribution in [0.4, 0.5) is 5.13 Å². The van der Waals surface area contributed by atoms with Gasteiger partial charge in [0.1, 0.15) is 11.5 Å². The molecular weight excluding hydrogens is 448 g/mol. The normalized spacial score (nSPS) is 10.5. The number of ether oxygens (including phenoxy) is 2. The SMILES string of the molecule is COc1ccc(C(=O)CCC(=O)Nc2nc(-c3ccccc3)c(-c3ccc(OC)cc3)s2)cc1. The van der Waals surface area contributed by atoms with Gasteiger partial charge in [0.2, 0.25) is 5.91 Å². The number of benzene rings is 3. The first-order valence-electron chi connectivity index (χ1n) is 10.7. The molecule has 1 N–H and O–H groups in total. The molecule has 0 aliphatic rings. The number of Topliss-reactive ketones (excluding diaryl/α,β-unsaturated/α-hetero) is 1. The average molecular weight is 473 g/mol. The number of aromatic nitrogens is 1. The second kappa shape index (κ2) is 10.8. The highest BCUT2D eigenvalue weighted by atomic mass is 32.1. The molecule has 0 aliphatic heterocycles. The lowest BCUT2D eigenvalue weighted by molar-refractivity contribution is -0.116. The maximum Gasteiger partial charge on any atom is 0.226 e. The zero-order valence-electron chi connectivity index (χ0n) is 18.9. The average Bonchev–Trinajstić information content (AvgIpc) is 3.31. The number of anilines is 1. The molecule has 4 rings (SSSR count). The van der Waals surface area contributed by atoms with Crippen molar-refractivity contribution < 1.29 is 19.1 Å². The topological polar surface area (TPSA) is 77.5 Å². The third-order valence-electron chi connectivity index (χ3n) is 5.26. The Balaban J connectivity index is 1.49. The Kier molecular flexibility index (Phi) is 7.34. The van der Waals surface area contributed by atoms with Crippen molar-refractivity contribution in [1.82, 2.24) is 4.98 Å². The Labute approximate surface area is 202 Å². The summed E-state index contributed by atoms with van der Waals surface area (Å²) in [4.78, 5) is 30.7. The van der Waals surface area contributed by atoms with Gasteiger partial charge in [-0.2, -0.15) is 0 Å². The molecule has 0 saturated heterocycles. The molecule has 0 atom stereocenters. The van der Waals surface area contributed by atoms with E-state index >= 15 is 0 Å². The molecule has 1 aromatic heterocycles. The molecular formula is C27H24N2O4S. The van der Waals surface area contributed by atoms with Crippen molar-refractivity contribution in [2.75, 3.05) is 19.5 Å². The van der Waals surface area contributed by atoms with Gasteiger partial charge < -0.3 is 14.8 Å². The van der Waals surface area contributed by atoms with E-state index in [1.807, 2.05) is 54.6 Å². The molecule has 0 aliphatic carbocycles. The summed E-state index contributed by atoms with van der Waals surface area (Å²) in [7, 11) is 3.20. The zero-order valence-corrected chi connectivity index (χ0v) is 19.7. The Hall–Kier alpha value is -3.97. The number of rotatable bonds is 9. The van der Waals surface area contributed by atoms with Crippen molar-refractivity contribution in [3.8, 4) is 33.2 Å². The van der Waals surface area contributed by atoms with Crippen molar-refractivity contribution in [2.24, 2.45) is 0 Å². The Morgan fingerprint density at radius 2 is 1.41 bits per heavy atom. The molecule has 0 radical (unpaired) electrons. The van der Waals surface area contributed by atoms with Gasteiger partial charge in [-0.15, -0.1) is 0 Å². The number of methoxy groups -OCH3 is 2. The summed E-state index contributed by atoms with van der Waals surface area (Å²) in [6.07, 6.45) is 0.184. The summed E-state index contributed by atoms with van der Waals surface area (Å²) in [5.41, 5.74) is 3.28. The predicted molar refractivity (Wildman–Crippen MR) is 135 cm³/mol. The van der Waals surface area contributed by atoms with Gasteiger partial charge in [-0.1, -0.05) is 41.7 Å². The lowest BCUT2D eigenvalue weighted by Crippen LogP contribution is -2.13. The second-order valence-corrected chi connectivity index (χ2v) is 8.49. The number of nitrogens with zero attached hydrogens (tertiary/aromatic N) is 1. The number of thiazole rings is 1. The molecule has 0 fully saturated rings. The van der Waals surface area contributed by atoms with Crippen LogP contribution in [-0.4, -0.2) is 30.9 Å². The molecule has 0 unspecified atom stereocenters. The molecule has 1 amide bonds. The highest BCUT2D eigenvalue weighted by Crippen LogP contribution is 2.39. The first-order chi connectivity index (χ1) is 16.6. The Morgan fingerprint density at radius 1 is 0.794 bits per heavy atom. The van der Waals surface area contributed by atoms with E-state index < -0.39 is 0 Å². The fraction of sp³-hybridized carbons (Fsp3) is 0.148. The number of hydrogen-bond donors (Lipinski definition) is 1. The van der Waals surface area contributed by atoms with Gasteiger partial charge >= 0.3 is 0 Å². The van der Waals surface area contributed by atoms with Gasteiger partial charge in [-0.05, 0) is 54.1 Å². The lowest BCUT2D eigenvalue weighted by atomic mass is 10.1. The predicted octanol–water partition coefficient (Wildman–Crippen LogP) is 6.10. The summed E-state index contributed by atoms with van der Waals surface area (Å²) in [6, 6.07) is 24.4. The molecule has 1 heterocycles. The van der Waals surface area contributed by atoms with E-state index in [0.29, 0.717) is 16.4 Å². The number of ketones is 1. The number of carbonyl (C=O) groups is 2. The van der Waals surface area contributed by atoms with Gasteiger partial charge in [-0.3, -0.25) is 9.59 Å². The standard InChI is InChI=1S/C27H24N2O4S/c1-32-21-12-8-18(9-13-21)23(30)16-17-24(31)28-27-29-25(19-6-4-3-5-7-19)26(34-27)20-10-14-22(33-2)15-11-20/h3-15H,16-17H2,1-2H3,(H,28,29,31). The van der Waals surface area contributed by atoms with Crippen molar-refractivity contribution in [2.45, 2.75) is 12.8 Å². The second-order valence-electron chi connectivity index (χ2n) is 7.49. The fourth-order valence-corrected chi connectivity index (χ4v) is 4.44. The summed E-state index contributed by atoms with van der Waals surface area (Å²) in [5.74, 6) is 1.10. The minimum atomic E-state index is -0.253. The third-order valence-corrected chi connectivity index (χ3v) is 6.28. The van der Waals surface area contributed by atoms with Crippen molar-refractivity contribution in [1.29, 1.82) is 0 Å². The summed E-state index contributed by atoms with van der Waals surface area (Å²) in [6.45, 7) is 0. The molecule has 0 spiro atoms. The van der Waals surface area contributed by atoms with E-state index in [0.717, 1.165) is 27.4 Å². The summed E-state index contributed by atoms with van der Waals surface area (Å²) in [5, 5.41) is 3.35. The van der Waals surface area contributed by atoms with Crippen molar-refractivity contribution in [3.05, 3.63) is 84.4 Å². The van der Waals surface area contributed by atoms with Crippen LogP contribution in [0, 0.1) is 0 Å². The van der Waals surface area contributed by atoms with Crippen LogP contribution in [0.15, 0.2) is 78.9 Å². The Morgan fingerprint density at radius 3 is 2.03 bits per heavy atom. The van der Waals surface area contributed by atoms with E-state index in [1.54, 1.807) is 38.5 Å². The zero-order chi connectivity index (χ0) is 23.9. The van der Waals surface area contributed by atoms with Gasteiger partial charge in [0.25, 0.3) is 0 Å². The van der Waals surface area contributed by atoms with E-state index in [-0.39, 0.29) is 24.5 Å². The van der Waals surface area contributed by atoms with Crippen LogP contribution >= 0.6 is 11.3 Å². The van der Waals surface area contributed by atoms with E-state index in [2.05, 4.69) is 5.32 Å². The van der Waals surface area contributed by atoms with Crippen molar-refractivity contribution in [3.63, 3.8) is 0 Å². The first-order valence-corrected chi connectivity index (χ1v) is 11.6.